The molecule has 1 aliphatic heterocycles. The largest absolute Gasteiger partial charge is 0.459 e. The van der Waals surface area contributed by atoms with E-state index >= 15 is 0 Å². The minimum Gasteiger partial charge on any atom is -0.459 e. The van der Waals surface area contributed by atoms with E-state index in [2.05, 4.69) is 20.0 Å². The Kier molecular flexibility index (Phi) is 1.03. The maximum atomic E-state index is 4.81. The molecule has 2 heterocycles. The molecule has 0 N–H and O–H groups in total. The van der Waals surface area contributed by atoms with E-state index in [1.807, 2.05) is 0 Å². The highest BCUT2D eigenvalue weighted by atomic mass is 16.5. The van der Waals surface area contributed by atoms with Crippen LogP contribution in [0.3, 0.4) is 0 Å². The number of hydrazone groups is 1. The third kappa shape index (κ3) is 0.697. The minimum absolute atomic E-state index is 0.369. The Bertz CT molecular complexity index is 231. The lowest BCUT2D eigenvalue weighted by molar-refractivity contribution is 0.349. The van der Waals surface area contributed by atoms with Crippen molar-refractivity contribution in [2.45, 2.75) is 0 Å². The number of rotatable bonds is 1. The second-order valence-electron chi connectivity index (χ2n) is 1.68. The van der Waals surface area contributed by atoms with E-state index < -0.39 is 0 Å². The van der Waals surface area contributed by atoms with Gasteiger partial charge in [0.05, 0.1) is 0 Å². The Morgan fingerprint density at radius 2 is 2.60 bits per heavy atom. The first kappa shape index (κ1) is 5.21. The van der Waals surface area contributed by atoms with Crippen molar-refractivity contribution in [3.8, 4) is 0 Å². The van der Waals surface area contributed by atoms with Crippen molar-refractivity contribution in [3.63, 3.8) is 0 Å². The van der Waals surface area contributed by atoms with E-state index in [4.69, 9.17) is 4.74 Å². The molecule has 0 spiro atoms. The molecular formula is C4H4N4O2. The number of aromatic nitrogens is 2. The van der Waals surface area contributed by atoms with Crippen LogP contribution in [0.1, 0.15) is 0 Å². The lowest BCUT2D eigenvalue weighted by Crippen LogP contribution is -2.12. The number of anilines is 1. The predicted molar refractivity (Wildman–Crippen MR) is 31.2 cm³/mol. The van der Waals surface area contributed by atoms with E-state index in [-0.39, 0.29) is 0 Å². The maximum Gasteiger partial charge on any atom is 0.216 e. The summed E-state index contributed by atoms with van der Waals surface area (Å²) in [6.45, 7) is 0.369. The third-order valence-corrected chi connectivity index (χ3v) is 1.07. The Morgan fingerprint density at radius 3 is 3.20 bits per heavy atom. The summed E-state index contributed by atoms with van der Waals surface area (Å²) in [7, 11) is 0. The zero-order valence-corrected chi connectivity index (χ0v) is 4.97. The molecule has 2 rings (SSSR count). The molecule has 0 saturated carbocycles. The fourth-order valence-corrected chi connectivity index (χ4v) is 0.625. The van der Waals surface area contributed by atoms with Gasteiger partial charge < -0.3 is 9.26 Å². The van der Waals surface area contributed by atoms with Crippen molar-refractivity contribution in [3.05, 3.63) is 6.26 Å². The van der Waals surface area contributed by atoms with E-state index in [1.165, 1.54) is 17.7 Å². The second-order valence-corrected chi connectivity index (χ2v) is 1.68. The topological polar surface area (TPSA) is 63.8 Å². The van der Waals surface area contributed by atoms with Crippen molar-refractivity contribution < 1.29 is 9.26 Å². The zero-order valence-electron chi connectivity index (χ0n) is 4.97. The molecule has 52 valence electrons. The van der Waals surface area contributed by atoms with Gasteiger partial charge in [0.25, 0.3) is 0 Å². The molecule has 0 radical (unpaired) electrons. The van der Waals surface area contributed by atoms with Crippen LogP contribution in [0.15, 0.2) is 15.9 Å². The van der Waals surface area contributed by atoms with Gasteiger partial charge in [-0.15, -0.1) is 5.10 Å². The molecule has 0 aromatic carbocycles. The zero-order chi connectivity index (χ0) is 6.81. The van der Waals surface area contributed by atoms with Crippen LogP contribution in [0.2, 0.25) is 0 Å². The van der Waals surface area contributed by atoms with Gasteiger partial charge in [-0.2, -0.15) is 0 Å². The smallest absolute Gasteiger partial charge is 0.216 e. The molecule has 0 saturated heterocycles. The average Bonchev–Trinajstić information content (AvgIpc) is 2.59. The van der Waals surface area contributed by atoms with Crippen LogP contribution in [0, 0.1) is 0 Å². The Balaban J connectivity index is 2.20. The van der Waals surface area contributed by atoms with Crippen LogP contribution in [0.4, 0.5) is 5.82 Å². The van der Waals surface area contributed by atoms with Crippen LogP contribution >= 0.6 is 0 Å². The van der Waals surface area contributed by atoms with Gasteiger partial charge in [-0.05, 0) is 0 Å². The molecule has 6 nitrogen and oxygen atoms in total. The van der Waals surface area contributed by atoms with Crippen molar-refractivity contribution in [1.29, 1.82) is 0 Å². The molecular weight excluding hydrogens is 136 g/mol. The van der Waals surface area contributed by atoms with E-state index in [1.54, 1.807) is 0 Å². The number of hydrogen-bond donors (Lipinski definition) is 0. The molecule has 0 atom stereocenters. The lowest BCUT2D eigenvalue weighted by Gasteiger charge is -2.03. The summed E-state index contributed by atoms with van der Waals surface area (Å²) in [6, 6.07) is 0. The lowest BCUT2D eigenvalue weighted by atomic mass is 10.7. The van der Waals surface area contributed by atoms with Crippen molar-refractivity contribution in [2.75, 3.05) is 11.7 Å². The van der Waals surface area contributed by atoms with Gasteiger partial charge in [-0.1, -0.05) is 5.10 Å². The summed E-state index contributed by atoms with van der Waals surface area (Å²) in [5.41, 5.74) is 0. The fourth-order valence-electron chi connectivity index (χ4n) is 0.625. The van der Waals surface area contributed by atoms with Crippen LogP contribution < -0.4 is 5.01 Å². The molecule has 0 unspecified atom stereocenters. The van der Waals surface area contributed by atoms with Crippen LogP contribution in [0.25, 0.3) is 0 Å². The molecule has 0 amide bonds. The van der Waals surface area contributed by atoms with Gasteiger partial charge in [-0.3, -0.25) is 0 Å². The monoisotopic (exact) mass is 140 g/mol. The van der Waals surface area contributed by atoms with Gasteiger partial charge in [0.1, 0.15) is 0 Å². The number of nitrogens with zero attached hydrogens (tertiary/aromatic N) is 4. The molecule has 1 aromatic rings. The Labute approximate surface area is 56.0 Å². The Morgan fingerprint density at radius 1 is 1.60 bits per heavy atom. The third-order valence-electron chi connectivity index (χ3n) is 1.07. The fraction of sp³-hybridized carbons (Fsp3) is 0.250. The molecule has 10 heavy (non-hydrogen) atoms. The van der Waals surface area contributed by atoms with Gasteiger partial charge in [0, 0.05) is 5.27 Å². The molecule has 1 aliphatic rings. The maximum absolute atomic E-state index is 4.81. The molecule has 0 bridgehead atoms. The normalized spacial score (nSPS) is 15.8. The van der Waals surface area contributed by atoms with Gasteiger partial charge >= 0.3 is 0 Å². The number of hydrogen-bond acceptors (Lipinski definition) is 6. The van der Waals surface area contributed by atoms with Gasteiger partial charge in [0.2, 0.25) is 5.82 Å². The predicted octanol–water partition coefficient (Wildman–Crippen LogP) is -0.193. The highest BCUT2D eigenvalue weighted by Crippen LogP contribution is 2.10. The van der Waals surface area contributed by atoms with Crippen molar-refractivity contribution in [1.82, 2.24) is 10.4 Å². The quantitative estimate of drug-likeness (QED) is 0.540. The Hall–Kier alpha value is -1.59. The summed E-state index contributed by atoms with van der Waals surface area (Å²) >= 11 is 0. The summed E-state index contributed by atoms with van der Waals surface area (Å²) in [4.78, 5) is 0. The molecule has 1 aromatic heterocycles. The first-order valence-corrected chi connectivity index (χ1v) is 2.65. The summed E-state index contributed by atoms with van der Waals surface area (Å²) < 4.78 is 9.30. The van der Waals surface area contributed by atoms with E-state index in [0.29, 0.717) is 12.5 Å². The van der Waals surface area contributed by atoms with E-state index in [9.17, 15) is 0 Å². The van der Waals surface area contributed by atoms with Gasteiger partial charge in [-0.25, -0.2) is 5.01 Å². The molecule has 6 heteroatoms. The van der Waals surface area contributed by atoms with Crippen molar-refractivity contribution in [2.24, 2.45) is 5.10 Å². The second kappa shape index (κ2) is 1.98. The van der Waals surface area contributed by atoms with Crippen molar-refractivity contribution >= 4 is 12.2 Å². The number of ether oxygens (including phenoxy) is 1. The average molecular weight is 140 g/mol. The first-order chi connectivity index (χ1) is 4.97. The summed E-state index contributed by atoms with van der Waals surface area (Å²) in [6.07, 6.45) is 2.74. The highest BCUT2D eigenvalue weighted by Gasteiger charge is 2.11. The first-order valence-electron chi connectivity index (χ1n) is 2.65. The van der Waals surface area contributed by atoms with Crippen LogP contribution in [0.5, 0.6) is 0 Å². The van der Waals surface area contributed by atoms with Crippen LogP contribution in [-0.2, 0) is 4.74 Å². The van der Waals surface area contributed by atoms with E-state index in [0.717, 1.165) is 0 Å². The van der Waals surface area contributed by atoms with Gasteiger partial charge in [0.15, 0.2) is 19.4 Å². The minimum atomic E-state index is 0.369. The summed E-state index contributed by atoms with van der Waals surface area (Å²) in [5, 5.41) is 12.2. The molecule has 0 fully saturated rings. The standard InChI is InChI=1S/C4H4N4O2/c1-4(6-7-10-1)8-3-9-2-5-8/h1-2H,3H2. The SMILES string of the molecule is C1=NN(c2conn2)CO1. The summed E-state index contributed by atoms with van der Waals surface area (Å²) in [5.74, 6) is 0.550. The molecule has 0 aliphatic carbocycles. The highest BCUT2D eigenvalue weighted by molar-refractivity contribution is 5.53. The van der Waals surface area contributed by atoms with Crippen LogP contribution in [-0.4, -0.2) is 23.5 Å².